The van der Waals surface area contributed by atoms with Gasteiger partial charge in [-0.15, -0.1) is 0 Å². The molecule has 0 heterocycles. The molecule has 24 heavy (non-hydrogen) atoms. The lowest BCUT2D eigenvalue weighted by Gasteiger charge is -2.26. The van der Waals surface area contributed by atoms with E-state index in [-0.39, 0.29) is 10.8 Å². The molecule has 0 aliphatic heterocycles. The number of aromatic hydroxyl groups is 1. The average Bonchev–Trinajstić information content (AvgIpc) is 2.43. The third-order valence-corrected chi connectivity index (χ3v) is 4.21. The molecule has 0 saturated carbocycles. The van der Waals surface area contributed by atoms with Crippen LogP contribution in [0.5, 0.6) is 5.75 Å². The zero-order valence-electron chi connectivity index (χ0n) is 15.3. The molecule has 0 bridgehead atoms. The quantitative estimate of drug-likeness (QED) is 0.629. The number of aliphatic imine (C=N–C) groups is 1. The van der Waals surface area contributed by atoms with Gasteiger partial charge in [-0.25, -0.2) is 0 Å². The number of hydrogen-bond donors (Lipinski definition) is 1. The van der Waals surface area contributed by atoms with Gasteiger partial charge in [0.05, 0.1) is 5.69 Å². The van der Waals surface area contributed by atoms with E-state index in [2.05, 4.69) is 52.6 Å². The molecular formula is C21H26ClNO. The maximum atomic E-state index is 10.7. The number of rotatable bonds is 2. The van der Waals surface area contributed by atoms with Gasteiger partial charge in [0.2, 0.25) is 0 Å². The van der Waals surface area contributed by atoms with E-state index < -0.39 is 0 Å². The van der Waals surface area contributed by atoms with Crippen molar-refractivity contribution in [3.05, 3.63) is 58.1 Å². The number of benzene rings is 2. The van der Waals surface area contributed by atoms with Gasteiger partial charge < -0.3 is 5.11 Å². The lowest BCUT2D eigenvalue weighted by molar-refractivity contribution is 0.444. The molecule has 2 aromatic rings. The maximum absolute atomic E-state index is 10.7. The molecule has 1 N–H and O–H groups in total. The molecule has 128 valence electrons. The molecule has 0 fully saturated rings. The molecule has 2 aromatic carbocycles. The molecule has 3 heteroatoms. The van der Waals surface area contributed by atoms with Crippen LogP contribution in [0.2, 0.25) is 5.02 Å². The Morgan fingerprint density at radius 3 is 2.17 bits per heavy atom. The summed E-state index contributed by atoms with van der Waals surface area (Å²) in [7, 11) is 0. The molecule has 0 unspecified atom stereocenters. The molecule has 0 spiro atoms. The lowest BCUT2D eigenvalue weighted by Crippen LogP contribution is -2.17. The van der Waals surface area contributed by atoms with Gasteiger partial charge in [-0.05, 0) is 40.7 Å². The van der Waals surface area contributed by atoms with E-state index in [1.54, 1.807) is 12.3 Å². The highest BCUT2D eigenvalue weighted by Crippen LogP contribution is 2.37. The Bertz CT molecular complexity index is 764. The Morgan fingerprint density at radius 2 is 1.62 bits per heavy atom. The molecule has 2 rings (SSSR count). The van der Waals surface area contributed by atoms with Crippen LogP contribution in [0, 0.1) is 0 Å². The van der Waals surface area contributed by atoms with Crippen molar-refractivity contribution in [3.63, 3.8) is 0 Å². The fourth-order valence-electron chi connectivity index (χ4n) is 2.46. The number of hydrogen-bond acceptors (Lipinski definition) is 2. The molecule has 0 radical (unpaired) electrons. The molecule has 0 amide bonds. The first-order chi connectivity index (χ1) is 11.0. The number of phenols is 1. The highest BCUT2D eigenvalue weighted by molar-refractivity contribution is 6.30. The molecular weight excluding hydrogens is 318 g/mol. The van der Waals surface area contributed by atoms with Crippen molar-refractivity contribution in [1.29, 1.82) is 0 Å². The zero-order valence-corrected chi connectivity index (χ0v) is 16.1. The van der Waals surface area contributed by atoms with Crippen LogP contribution in [0.4, 0.5) is 5.69 Å². The van der Waals surface area contributed by atoms with E-state index in [4.69, 9.17) is 11.6 Å². The smallest absolute Gasteiger partial charge is 0.128 e. The molecule has 2 nitrogen and oxygen atoms in total. The van der Waals surface area contributed by atoms with Gasteiger partial charge in [0.25, 0.3) is 0 Å². The number of halogens is 1. The highest BCUT2D eigenvalue weighted by Gasteiger charge is 2.24. The SMILES string of the molecule is CC(C)(C)c1cc(C=Nc2cccc(Cl)c2)c(O)c(C(C)(C)C)c1. The minimum absolute atomic E-state index is 0.00759. The van der Waals surface area contributed by atoms with E-state index in [0.29, 0.717) is 10.8 Å². The highest BCUT2D eigenvalue weighted by atomic mass is 35.5. The monoisotopic (exact) mass is 343 g/mol. The van der Waals surface area contributed by atoms with Gasteiger partial charge in [-0.2, -0.15) is 0 Å². The normalized spacial score (nSPS) is 12.8. The summed E-state index contributed by atoms with van der Waals surface area (Å²) >= 11 is 6.00. The van der Waals surface area contributed by atoms with Gasteiger partial charge in [-0.3, -0.25) is 4.99 Å². The third-order valence-electron chi connectivity index (χ3n) is 3.97. The summed E-state index contributed by atoms with van der Waals surface area (Å²) < 4.78 is 0. The molecule has 0 aliphatic rings. The van der Waals surface area contributed by atoms with Crippen molar-refractivity contribution in [1.82, 2.24) is 0 Å². The van der Waals surface area contributed by atoms with Crippen molar-refractivity contribution in [2.45, 2.75) is 52.4 Å². The van der Waals surface area contributed by atoms with Crippen LogP contribution in [0.3, 0.4) is 0 Å². The predicted molar refractivity (Wildman–Crippen MR) is 104 cm³/mol. The van der Waals surface area contributed by atoms with Crippen molar-refractivity contribution in [2.75, 3.05) is 0 Å². The summed E-state index contributed by atoms with van der Waals surface area (Å²) in [6.45, 7) is 12.8. The second-order valence-electron chi connectivity index (χ2n) is 8.20. The minimum Gasteiger partial charge on any atom is -0.507 e. The summed E-state index contributed by atoms with van der Waals surface area (Å²) in [5.74, 6) is 0.293. The van der Waals surface area contributed by atoms with Crippen molar-refractivity contribution in [2.24, 2.45) is 4.99 Å². The van der Waals surface area contributed by atoms with Gasteiger partial charge in [0.1, 0.15) is 5.75 Å². The third kappa shape index (κ3) is 4.39. The van der Waals surface area contributed by atoms with E-state index in [9.17, 15) is 5.11 Å². The summed E-state index contributed by atoms with van der Waals surface area (Å²) in [4.78, 5) is 4.48. The van der Waals surface area contributed by atoms with Crippen LogP contribution in [-0.4, -0.2) is 11.3 Å². The maximum Gasteiger partial charge on any atom is 0.128 e. The van der Waals surface area contributed by atoms with Gasteiger partial charge in [0, 0.05) is 22.4 Å². The van der Waals surface area contributed by atoms with Crippen molar-refractivity contribution in [3.8, 4) is 5.75 Å². The molecule has 0 aromatic heterocycles. The topological polar surface area (TPSA) is 32.6 Å². The van der Waals surface area contributed by atoms with E-state index in [1.165, 1.54) is 5.56 Å². The standard InChI is InChI=1S/C21H26ClNO/c1-20(2,3)15-10-14(19(24)18(11-15)21(4,5)6)13-23-17-9-7-8-16(22)12-17/h7-13,24H,1-6H3. The summed E-state index contributed by atoms with van der Waals surface area (Å²) in [6.07, 6.45) is 1.71. The first-order valence-corrected chi connectivity index (χ1v) is 8.54. The summed E-state index contributed by atoms with van der Waals surface area (Å²) in [6, 6.07) is 11.5. The fraction of sp³-hybridized carbons (Fsp3) is 0.381. The Hall–Kier alpha value is -1.80. The first-order valence-electron chi connectivity index (χ1n) is 8.16. The van der Waals surface area contributed by atoms with Crippen LogP contribution in [-0.2, 0) is 10.8 Å². The van der Waals surface area contributed by atoms with Gasteiger partial charge in [0.15, 0.2) is 0 Å². The van der Waals surface area contributed by atoms with Crippen molar-refractivity contribution < 1.29 is 5.11 Å². The Morgan fingerprint density at radius 1 is 0.958 bits per heavy atom. The van der Waals surface area contributed by atoms with E-state index in [1.807, 2.05) is 24.3 Å². The molecule has 0 saturated heterocycles. The minimum atomic E-state index is -0.149. The van der Waals surface area contributed by atoms with Crippen LogP contribution >= 0.6 is 11.6 Å². The number of nitrogens with zero attached hydrogens (tertiary/aromatic N) is 1. The van der Waals surface area contributed by atoms with Crippen molar-refractivity contribution >= 4 is 23.5 Å². The predicted octanol–water partition coefficient (Wildman–Crippen LogP) is 6.39. The zero-order chi connectivity index (χ0) is 18.1. The Balaban J connectivity index is 2.56. The molecule has 0 aliphatic carbocycles. The Labute approximate surface area is 150 Å². The second-order valence-corrected chi connectivity index (χ2v) is 8.64. The largest absolute Gasteiger partial charge is 0.507 e. The van der Waals surface area contributed by atoms with Gasteiger partial charge in [-0.1, -0.05) is 65.3 Å². The fourth-order valence-corrected chi connectivity index (χ4v) is 2.65. The van der Waals surface area contributed by atoms with Gasteiger partial charge >= 0.3 is 0 Å². The first kappa shape index (κ1) is 18.5. The Kier molecular flexibility index (Phi) is 5.10. The molecule has 0 atom stereocenters. The van der Waals surface area contributed by atoms with E-state index in [0.717, 1.165) is 16.8 Å². The van der Waals surface area contributed by atoms with Crippen LogP contribution < -0.4 is 0 Å². The average molecular weight is 344 g/mol. The van der Waals surface area contributed by atoms with E-state index >= 15 is 0 Å². The second kappa shape index (κ2) is 6.60. The van der Waals surface area contributed by atoms with Crippen LogP contribution in [0.1, 0.15) is 58.2 Å². The number of phenolic OH excluding ortho intramolecular Hbond substituents is 1. The lowest BCUT2D eigenvalue weighted by atomic mass is 9.79. The summed E-state index contributed by atoms with van der Waals surface area (Å²) in [5.41, 5.74) is 3.45. The van der Waals surface area contributed by atoms with Crippen LogP contribution in [0.25, 0.3) is 0 Å². The van der Waals surface area contributed by atoms with Crippen LogP contribution in [0.15, 0.2) is 41.4 Å². The summed E-state index contributed by atoms with van der Waals surface area (Å²) in [5, 5.41) is 11.4.